The van der Waals surface area contributed by atoms with E-state index in [0.717, 1.165) is 0 Å². The van der Waals surface area contributed by atoms with Gasteiger partial charge < -0.3 is 10.1 Å². The molecule has 0 aliphatic heterocycles. The molecule has 6 nitrogen and oxygen atoms in total. The summed E-state index contributed by atoms with van der Waals surface area (Å²) in [6.45, 7) is 0. The molecular formula is C9H9N5O. The third-order valence-electron chi connectivity index (χ3n) is 1.67. The van der Waals surface area contributed by atoms with Crippen molar-refractivity contribution in [2.24, 2.45) is 0 Å². The molecule has 0 spiro atoms. The predicted octanol–water partition coefficient (Wildman–Crippen LogP) is 1.02. The Morgan fingerprint density at radius 2 is 2.07 bits per heavy atom. The second-order valence-corrected chi connectivity index (χ2v) is 2.68. The summed E-state index contributed by atoms with van der Waals surface area (Å²) in [7, 11) is 1.54. The van der Waals surface area contributed by atoms with Gasteiger partial charge in [0.15, 0.2) is 5.82 Å². The minimum absolute atomic E-state index is 0.472. The monoisotopic (exact) mass is 203 g/mol. The maximum Gasteiger partial charge on any atom is 0.233 e. The highest BCUT2D eigenvalue weighted by atomic mass is 16.5. The van der Waals surface area contributed by atoms with Gasteiger partial charge in [-0.3, -0.25) is 4.98 Å². The van der Waals surface area contributed by atoms with Gasteiger partial charge in [0.2, 0.25) is 5.88 Å². The number of hydrogen-bond donors (Lipinski definition) is 1. The molecule has 15 heavy (non-hydrogen) atoms. The fourth-order valence-electron chi connectivity index (χ4n) is 0.990. The molecular weight excluding hydrogens is 194 g/mol. The van der Waals surface area contributed by atoms with Gasteiger partial charge in [-0.2, -0.15) is 0 Å². The fraction of sp³-hybridized carbons (Fsp3) is 0.111. The Morgan fingerprint density at radius 3 is 2.67 bits per heavy atom. The van der Waals surface area contributed by atoms with Crippen molar-refractivity contribution in [3.05, 3.63) is 30.7 Å². The van der Waals surface area contributed by atoms with Gasteiger partial charge in [0.05, 0.1) is 13.3 Å². The molecule has 0 fully saturated rings. The largest absolute Gasteiger partial charge is 0.480 e. The first-order chi connectivity index (χ1) is 7.38. The lowest BCUT2D eigenvalue weighted by Gasteiger charge is -2.02. The summed E-state index contributed by atoms with van der Waals surface area (Å²) in [5.74, 6) is 1.69. The molecule has 2 heterocycles. The molecule has 6 heteroatoms. The lowest BCUT2D eigenvalue weighted by Crippen LogP contribution is -1.98. The maximum atomic E-state index is 4.89. The van der Waals surface area contributed by atoms with Gasteiger partial charge >= 0.3 is 0 Å². The molecule has 0 aromatic carbocycles. The molecule has 0 aliphatic rings. The molecule has 0 atom stereocenters. The highest BCUT2D eigenvalue weighted by Crippen LogP contribution is 2.11. The average molecular weight is 203 g/mol. The highest BCUT2D eigenvalue weighted by Gasteiger charge is 1.98. The summed E-state index contributed by atoms with van der Waals surface area (Å²) < 4.78 is 4.89. The zero-order chi connectivity index (χ0) is 10.5. The van der Waals surface area contributed by atoms with Crippen LogP contribution >= 0.6 is 0 Å². The van der Waals surface area contributed by atoms with Crippen LogP contribution in [0.4, 0.5) is 11.6 Å². The van der Waals surface area contributed by atoms with Gasteiger partial charge in [0.1, 0.15) is 5.82 Å². The molecule has 0 amide bonds. The summed E-state index contributed by atoms with van der Waals surface area (Å²) in [5.41, 5.74) is 0. The Balaban J connectivity index is 2.11. The average Bonchev–Trinajstić information content (AvgIpc) is 2.31. The van der Waals surface area contributed by atoms with Crippen LogP contribution in [0.25, 0.3) is 0 Å². The Labute approximate surface area is 86.4 Å². The van der Waals surface area contributed by atoms with E-state index in [0.29, 0.717) is 17.5 Å². The third-order valence-corrected chi connectivity index (χ3v) is 1.67. The summed E-state index contributed by atoms with van der Waals surface area (Å²) in [6, 6.07) is 3.46. The quantitative estimate of drug-likeness (QED) is 0.802. The Bertz CT molecular complexity index is 416. The summed E-state index contributed by atoms with van der Waals surface area (Å²) >= 11 is 0. The number of methoxy groups -OCH3 is 1. The van der Waals surface area contributed by atoms with Crippen LogP contribution in [-0.4, -0.2) is 27.3 Å². The van der Waals surface area contributed by atoms with Gasteiger partial charge in [-0.1, -0.05) is 0 Å². The standard InChI is InChI=1S/C9H9N5O/c1-15-9-3-2-7(13-14-9)12-8-6-10-4-5-11-8/h2-6H,1H3,(H,11,12,13). The van der Waals surface area contributed by atoms with Crippen molar-refractivity contribution in [1.29, 1.82) is 0 Å². The van der Waals surface area contributed by atoms with Gasteiger partial charge in [-0.15, -0.1) is 10.2 Å². The lowest BCUT2D eigenvalue weighted by atomic mass is 10.5. The smallest absolute Gasteiger partial charge is 0.233 e. The minimum Gasteiger partial charge on any atom is -0.480 e. The summed E-state index contributed by atoms with van der Waals surface area (Å²) in [4.78, 5) is 7.96. The Hall–Kier alpha value is -2.24. The van der Waals surface area contributed by atoms with Crippen molar-refractivity contribution in [2.45, 2.75) is 0 Å². The van der Waals surface area contributed by atoms with E-state index in [1.54, 1.807) is 37.8 Å². The molecule has 2 aromatic heterocycles. The van der Waals surface area contributed by atoms with E-state index in [1.807, 2.05) is 0 Å². The third kappa shape index (κ3) is 2.37. The first kappa shape index (κ1) is 9.32. The van der Waals surface area contributed by atoms with E-state index < -0.39 is 0 Å². The number of nitrogens with zero attached hydrogens (tertiary/aromatic N) is 4. The lowest BCUT2D eigenvalue weighted by molar-refractivity contribution is 0.392. The predicted molar refractivity (Wildman–Crippen MR) is 53.9 cm³/mol. The van der Waals surface area contributed by atoms with Crippen molar-refractivity contribution in [2.75, 3.05) is 12.4 Å². The molecule has 0 radical (unpaired) electrons. The van der Waals surface area contributed by atoms with Gasteiger partial charge in [0, 0.05) is 18.5 Å². The molecule has 0 bridgehead atoms. The van der Waals surface area contributed by atoms with Gasteiger partial charge in [0.25, 0.3) is 0 Å². The zero-order valence-electron chi connectivity index (χ0n) is 8.08. The van der Waals surface area contributed by atoms with Crippen LogP contribution in [0.1, 0.15) is 0 Å². The fourth-order valence-corrected chi connectivity index (χ4v) is 0.990. The van der Waals surface area contributed by atoms with Gasteiger partial charge in [-0.25, -0.2) is 4.98 Å². The van der Waals surface area contributed by atoms with E-state index in [1.165, 1.54) is 0 Å². The maximum absolute atomic E-state index is 4.89. The van der Waals surface area contributed by atoms with E-state index in [9.17, 15) is 0 Å². The van der Waals surface area contributed by atoms with Gasteiger partial charge in [-0.05, 0) is 6.07 Å². The Morgan fingerprint density at radius 1 is 1.13 bits per heavy atom. The SMILES string of the molecule is COc1ccc(Nc2cnccn2)nn1. The number of hydrogen-bond acceptors (Lipinski definition) is 6. The van der Waals surface area contributed by atoms with Crippen LogP contribution in [0.5, 0.6) is 5.88 Å². The van der Waals surface area contributed by atoms with E-state index in [4.69, 9.17) is 4.74 Å². The van der Waals surface area contributed by atoms with Crippen LogP contribution in [0.15, 0.2) is 30.7 Å². The van der Waals surface area contributed by atoms with Crippen molar-refractivity contribution in [1.82, 2.24) is 20.2 Å². The molecule has 76 valence electrons. The number of aromatic nitrogens is 4. The van der Waals surface area contributed by atoms with Crippen molar-refractivity contribution >= 4 is 11.6 Å². The second-order valence-electron chi connectivity index (χ2n) is 2.68. The number of nitrogens with one attached hydrogen (secondary N) is 1. The highest BCUT2D eigenvalue weighted by molar-refractivity contribution is 5.49. The molecule has 2 aromatic rings. The van der Waals surface area contributed by atoms with Crippen molar-refractivity contribution in [3.8, 4) is 5.88 Å². The number of ether oxygens (including phenoxy) is 1. The number of rotatable bonds is 3. The minimum atomic E-state index is 0.472. The van der Waals surface area contributed by atoms with E-state index in [2.05, 4.69) is 25.5 Å². The van der Waals surface area contributed by atoms with Crippen molar-refractivity contribution in [3.63, 3.8) is 0 Å². The molecule has 2 rings (SSSR count). The molecule has 1 N–H and O–H groups in total. The van der Waals surface area contributed by atoms with Crippen LogP contribution in [-0.2, 0) is 0 Å². The van der Waals surface area contributed by atoms with Crippen LogP contribution in [0.3, 0.4) is 0 Å². The molecule has 0 saturated heterocycles. The Kier molecular flexibility index (Phi) is 2.68. The first-order valence-electron chi connectivity index (χ1n) is 4.29. The van der Waals surface area contributed by atoms with Crippen molar-refractivity contribution < 1.29 is 4.74 Å². The van der Waals surface area contributed by atoms with Crippen LogP contribution in [0, 0.1) is 0 Å². The van der Waals surface area contributed by atoms with E-state index >= 15 is 0 Å². The summed E-state index contributed by atoms with van der Waals surface area (Å²) in [5, 5.41) is 10.7. The number of anilines is 2. The first-order valence-corrected chi connectivity index (χ1v) is 4.29. The normalized spacial score (nSPS) is 9.67. The topological polar surface area (TPSA) is 72.8 Å². The second kappa shape index (κ2) is 4.32. The van der Waals surface area contributed by atoms with Crippen LogP contribution < -0.4 is 10.1 Å². The van der Waals surface area contributed by atoms with E-state index in [-0.39, 0.29) is 0 Å². The molecule has 0 aliphatic carbocycles. The molecule has 0 unspecified atom stereocenters. The summed E-state index contributed by atoms with van der Waals surface area (Å²) in [6.07, 6.45) is 4.80. The van der Waals surface area contributed by atoms with Crippen LogP contribution in [0.2, 0.25) is 0 Å². The molecule has 0 saturated carbocycles. The zero-order valence-corrected chi connectivity index (χ0v) is 8.08.